The summed E-state index contributed by atoms with van der Waals surface area (Å²) in [4.78, 5) is 36.1. The summed E-state index contributed by atoms with van der Waals surface area (Å²) < 4.78 is 11.3. The van der Waals surface area contributed by atoms with Gasteiger partial charge in [-0.1, -0.05) is 48.0 Å². The maximum absolute atomic E-state index is 13.9. The van der Waals surface area contributed by atoms with Crippen molar-refractivity contribution in [3.8, 4) is 17.6 Å². The number of amides is 2. The molecule has 3 aromatic carbocycles. The highest BCUT2D eigenvalue weighted by Crippen LogP contribution is 2.36. The minimum atomic E-state index is -0.628. The molecule has 0 radical (unpaired) electrons. The number of likely N-dealkylation sites (tertiary alicyclic amines) is 2. The predicted molar refractivity (Wildman–Crippen MR) is 173 cm³/mol. The van der Waals surface area contributed by atoms with Crippen molar-refractivity contribution in [1.29, 1.82) is 5.26 Å². The van der Waals surface area contributed by atoms with E-state index in [-0.39, 0.29) is 24.1 Å². The van der Waals surface area contributed by atoms with Crippen molar-refractivity contribution in [3.05, 3.63) is 100 Å². The van der Waals surface area contributed by atoms with E-state index in [2.05, 4.69) is 6.07 Å². The van der Waals surface area contributed by atoms with Crippen LogP contribution in [0.4, 0.5) is 0 Å². The Labute approximate surface area is 268 Å². The number of hydrogen-bond donors (Lipinski definition) is 0. The molecule has 0 aliphatic carbocycles. The van der Waals surface area contributed by atoms with Gasteiger partial charge in [-0.05, 0) is 74.1 Å². The number of pyridine rings is 1. The fourth-order valence-electron chi connectivity index (χ4n) is 6.26. The summed E-state index contributed by atoms with van der Waals surface area (Å²) >= 11 is 6.42. The lowest BCUT2D eigenvalue weighted by molar-refractivity contribution is 0.0686. The molecule has 45 heavy (non-hydrogen) atoms. The Morgan fingerprint density at radius 1 is 0.889 bits per heavy atom. The maximum atomic E-state index is 13.9. The van der Waals surface area contributed by atoms with Crippen LogP contribution in [0.5, 0.6) is 11.5 Å². The van der Waals surface area contributed by atoms with Gasteiger partial charge in [-0.3, -0.25) is 9.59 Å². The van der Waals surface area contributed by atoms with Gasteiger partial charge in [0.15, 0.2) is 0 Å². The SMILES string of the molecule is COc1ccc(COc2ccc3nc(C(=O)N4CCC(C#N)(c5ccccc5)CC4)cc(C(=O)N4CCCCC4)c3c2)c(Cl)c1. The number of benzene rings is 3. The molecular weight excluding hydrogens is 588 g/mol. The molecule has 8 nitrogen and oxygen atoms in total. The normalized spacial score (nSPS) is 16.2. The van der Waals surface area contributed by atoms with E-state index in [1.165, 1.54) is 0 Å². The lowest BCUT2D eigenvalue weighted by Gasteiger charge is -2.37. The Hall–Kier alpha value is -4.61. The number of halogens is 1. The lowest BCUT2D eigenvalue weighted by atomic mass is 9.74. The molecule has 0 atom stereocenters. The second kappa shape index (κ2) is 13.2. The van der Waals surface area contributed by atoms with Gasteiger partial charge in [-0.15, -0.1) is 0 Å². The second-order valence-corrected chi connectivity index (χ2v) is 12.1. The van der Waals surface area contributed by atoms with Crippen molar-refractivity contribution in [1.82, 2.24) is 14.8 Å². The van der Waals surface area contributed by atoms with Crippen molar-refractivity contribution in [2.45, 2.75) is 44.1 Å². The van der Waals surface area contributed by atoms with E-state index >= 15 is 0 Å². The zero-order valence-corrected chi connectivity index (χ0v) is 26.1. The zero-order chi connectivity index (χ0) is 31.4. The third-order valence-electron chi connectivity index (χ3n) is 8.97. The van der Waals surface area contributed by atoms with Crippen molar-refractivity contribution < 1.29 is 19.1 Å². The minimum absolute atomic E-state index is 0.113. The van der Waals surface area contributed by atoms with Crippen molar-refractivity contribution >= 4 is 34.3 Å². The molecule has 0 unspecified atom stereocenters. The van der Waals surface area contributed by atoms with Crippen LogP contribution in [-0.4, -0.2) is 59.9 Å². The molecule has 2 fully saturated rings. The molecule has 2 aliphatic heterocycles. The Morgan fingerprint density at radius 3 is 2.29 bits per heavy atom. The summed E-state index contributed by atoms with van der Waals surface area (Å²) in [6.45, 7) is 2.45. The zero-order valence-electron chi connectivity index (χ0n) is 25.3. The molecule has 2 amide bonds. The molecule has 0 bridgehead atoms. The average molecular weight is 623 g/mol. The summed E-state index contributed by atoms with van der Waals surface area (Å²) in [6.07, 6.45) is 4.07. The van der Waals surface area contributed by atoms with Crippen LogP contribution in [0.15, 0.2) is 72.8 Å². The van der Waals surface area contributed by atoms with Crippen molar-refractivity contribution in [2.75, 3.05) is 33.3 Å². The summed E-state index contributed by atoms with van der Waals surface area (Å²) in [7, 11) is 1.59. The van der Waals surface area contributed by atoms with E-state index in [1.807, 2.05) is 53.4 Å². The first-order valence-electron chi connectivity index (χ1n) is 15.4. The first-order valence-corrected chi connectivity index (χ1v) is 15.7. The monoisotopic (exact) mass is 622 g/mol. The molecule has 9 heteroatoms. The van der Waals surface area contributed by atoms with E-state index in [4.69, 9.17) is 26.1 Å². The lowest BCUT2D eigenvalue weighted by Crippen LogP contribution is -2.45. The van der Waals surface area contributed by atoms with Gasteiger partial charge in [0.2, 0.25) is 0 Å². The summed E-state index contributed by atoms with van der Waals surface area (Å²) in [5, 5.41) is 11.3. The summed E-state index contributed by atoms with van der Waals surface area (Å²) in [5.74, 6) is 0.876. The van der Waals surface area contributed by atoms with Gasteiger partial charge >= 0.3 is 0 Å². The van der Waals surface area contributed by atoms with Gasteiger partial charge in [0.1, 0.15) is 23.8 Å². The number of aromatic nitrogens is 1. The van der Waals surface area contributed by atoms with Crippen LogP contribution in [0.1, 0.15) is 64.1 Å². The Balaban J connectivity index is 1.28. The van der Waals surface area contributed by atoms with E-state index in [0.717, 1.165) is 30.4 Å². The number of rotatable bonds is 7. The van der Waals surface area contributed by atoms with Crippen LogP contribution in [0.2, 0.25) is 5.02 Å². The number of methoxy groups -OCH3 is 1. The van der Waals surface area contributed by atoms with Crippen LogP contribution in [-0.2, 0) is 12.0 Å². The third-order valence-corrected chi connectivity index (χ3v) is 9.32. The topological polar surface area (TPSA) is 95.8 Å². The fraction of sp³-hybridized carbons (Fsp3) is 0.333. The van der Waals surface area contributed by atoms with Gasteiger partial charge in [-0.25, -0.2) is 4.98 Å². The molecule has 6 rings (SSSR count). The van der Waals surface area contributed by atoms with Crippen molar-refractivity contribution in [3.63, 3.8) is 0 Å². The molecular formula is C36H35ClN4O4. The predicted octanol–water partition coefficient (Wildman–Crippen LogP) is 6.80. The molecule has 230 valence electrons. The molecule has 2 saturated heterocycles. The first kappa shape index (κ1) is 30.4. The van der Waals surface area contributed by atoms with Crippen LogP contribution >= 0.6 is 11.6 Å². The quantitative estimate of drug-likeness (QED) is 0.225. The van der Waals surface area contributed by atoms with Crippen LogP contribution in [0, 0.1) is 11.3 Å². The molecule has 4 aromatic rings. The molecule has 0 spiro atoms. The van der Waals surface area contributed by atoms with E-state index in [9.17, 15) is 14.9 Å². The van der Waals surface area contributed by atoms with Gasteiger partial charge in [0.05, 0.1) is 34.7 Å². The molecule has 0 saturated carbocycles. The number of carbonyl (C=O) groups is 2. The number of hydrogen-bond acceptors (Lipinski definition) is 6. The van der Waals surface area contributed by atoms with Gasteiger partial charge in [0.25, 0.3) is 11.8 Å². The largest absolute Gasteiger partial charge is 0.497 e. The van der Waals surface area contributed by atoms with Crippen LogP contribution in [0.25, 0.3) is 10.9 Å². The Bertz CT molecular complexity index is 1760. The van der Waals surface area contributed by atoms with E-state index < -0.39 is 5.41 Å². The second-order valence-electron chi connectivity index (χ2n) is 11.7. The van der Waals surface area contributed by atoms with Crippen LogP contribution in [0.3, 0.4) is 0 Å². The number of nitrogens with zero attached hydrogens (tertiary/aromatic N) is 4. The van der Waals surface area contributed by atoms with Crippen molar-refractivity contribution in [2.24, 2.45) is 0 Å². The van der Waals surface area contributed by atoms with Gasteiger partial charge in [-0.2, -0.15) is 5.26 Å². The average Bonchev–Trinajstić information content (AvgIpc) is 3.10. The van der Waals surface area contributed by atoms with Gasteiger partial charge < -0.3 is 19.3 Å². The van der Waals surface area contributed by atoms with Gasteiger partial charge in [0, 0.05) is 37.1 Å². The Kier molecular flexibility index (Phi) is 8.90. The Morgan fingerprint density at radius 2 is 1.60 bits per heavy atom. The third kappa shape index (κ3) is 6.31. The smallest absolute Gasteiger partial charge is 0.272 e. The number of nitriles is 1. The van der Waals surface area contributed by atoms with E-state index in [0.29, 0.717) is 72.0 Å². The highest BCUT2D eigenvalue weighted by atomic mass is 35.5. The fourth-order valence-corrected chi connectivity index (χ4v) is 6.48. The maximum Gasteiger partial charge on any atom is 0.272 e. The van der Waals surface area contributed by atoms with Crippen LogP contribution < -0.4 is 9.47 Å². The molecule has 3 heterocycles. The summed E-state index contributed by atoms with van der Waals surface area (Å²) in [6, 6.07) is 24.7. The number of carbonyl (C=O) groups excluding carboxylic acids is 2. The number of fused-ring (bicyclic) bond motifs is 1. The number of ether oxygens (including phenoxy) is 2. The standard InChI is InChI=1S/C36H35ClN4O4/c1-44-27-11-10-25(31(37)21-27)23-45-28-12-13-32-29(20-28)30(34(42)40-16-6-3-7-17-40)22-33(39-32)35(43)41-18-14-36(24-38,15-19-41)26-8-4-2-5-9-26/h2,4-5,8-13,20-22H,3,6-7,14-19,23H2,1H3. The molecule has 2 aliphatic rings. The molecule has 0 N–H and O–H groups in total. The van der Waals surface area contributed by atoms with E-state index in [1.54, 1.807) is 36.3 Å². The molecule has 1 aromatic heterocycles. The highest BCUT2D eigenvalue weighted by molar-refractivity contribution is 6.31. The highest BCUT2D eigenvalue weighted by Gasteiger charge is 2.38. The minimum Gasteiger partial charge on any atom is -0.497 e. The number of piperidine rings is 2. The summed E-state index contributed by atoms with van der Waals surface area (Å²) in [5.41, 5.74) is 2.36. The first-order chi connectivity index (χ1) is 21.9.